The number of hydrogen-bond acceptors (Lipinski definition) is 4. The number of carbonyl (C=O) groups is 1. The molecule has 0 radical (unpaired) electrons. The van der Waals surface area contributed by atoms with Crippen LogP contribution in [0.25, 0.3) is 0 Å². The lowest BCUT2D eigenvalue weighted by molar-refractivity contribution is 0.102. The topological polar surface area (TPSA) is 64.1 Å². The number of ether oxygens (including phenoxy) is 1. The van der Waals surface area contributed by atoms with Crippen LogP contribution < -0.4 is 10.1 Å². The normalized spacial score (nSPS) is 10.3. The molecule has 0 fully saturated rings. The molecule has 0 atom stereocenters. The van der Waals surface area contributed by atoms with E-state index in [1.54, 1.807) is 42.5 Å². The largest absolute Gasteiger partial charge is 0.487 e. The van der Waals surface area contributed by atoms with E-state index in [4.69, 9.17) is 27.9 Å². The van der Waals surface area contributed by atoms with Gasteiger partial charge in [0.25, 0.3) is 5.91 Å². The Morgan fingerprint density at radius 3 is 2.56 bits per heavy atom. The molecule has 1 aromatic heterocycles. The summed E-state index contributed by atoms with van der Waals surface area (Å²) in [5.41, 5.74) is 1.74. The maximum absolute atomic E-state index is 12.0. The van der Waals surface area contributed by atoms with E-state index in [1.165, 1.54) is 6.20 Å². The van der Waals surface area contributed by atoms with E-state index in [0.29, 0.717) is 28.1 Å². The van der Waals surface area contributed by atoms with Gasteiger partial charge in [0.15, 0.2) is 5.69 Å². The summed E-state index contributed by atoms with van der Waals surface area (Å²) in [5.74, 6) is 0.160. The van der Waals surface area contributed by atoms with Gasteiger partial charge in [0.2, 0.25) is 0 Å². The number of nitrogens with zero attached hydrogens (tertiary/aromatic N) is 2. The molecule has 0 aliphatic heterocycles. The van der Waals surface area contributed by atoms with Gasteiger partial charge in [-0.3, -0.25) is 4.79 Å². The van der Waals surface area contributed by atoms with Crippen LogP contribution in [-0.4, -0.2) is 16.1 Å². The minimum Gasteiger partial charge on any atom is -0.487 e. The Bertz CT molecular complexity index is 871. The van der Waals surface area contributed by atoms with Crippen molar-refractivity contribution in [1.29, 1.82) is 0 Å². The summed E-state index contributed by atoms with van der Waals surface area (Å²) in [6, 6.07) is 15.6. The second-order valence-electron chi connectivity index (χ2n) is 5.12. The number of nitrogens with one attached hydrogen (secondary N) is 1. The van der Waals surface area contributed by atoms with Gasteiger partial charge in [0.05, 0.1) is 5.02 Å². The molecule has 0 aliphatic carbocycles. The molecule has 0 spiro atoms. The highest BCUT2D eigenvalue weighted by molar-refractivity contribution is 6.32. The first kappa shape index (κ1) is 17.2. The average Bonchev–Trinajstić information content (AvgIpc) is 2.63. The van der Waals surface area contributed by atoms with Gasteiger partial charge < -0.3 is 10.1 Å². The van der Waals surface area contributed by atoms with E-state index in [2.05, 4.69) is 15.5 Å². The first-order valence-corrected chi connectivity index (χ1v) is 8.13. The molecule has 1 amide bonds. The molecular weight excluding hydrogens is 361 g/mol. The number of aromatic nitrogens is 2. The Balaban J connectivity index is 1.64. The Morgan fingerprint density at radius 2 is 1.88 bits per heavy atom. The first-order chi connectivity index (χ1) is 12.1. The molecule has 0 aliphatic rings. The van der Waals surface area contributed by atoms with Crippen LogP contribution in [0, 0.1) is 0 Å². The Hall–Kier alpha value is -2.63. The summed E-state index contributed by atoms with van der Waals surface area (Å²) in [6.45, 7) is 0.363. The van der Waals surface area contributed by atoms with Crippen LogP contribution in [0.1, 0.15) is 16.1 Å². The lowest BCUT2D eigenvalue weighted by Gasteiger charge is -2.10. The lowest BCUT2D eigenvalue weighted by atomic mass is 10.2. The van der Waals surface area contributed by atoms with Crippen molar-refractivity contribution in [2.75, 3.05) is 5.32 Å². The molecule has 7 heteroatoms. The van der Waals surface area contributed by atoms with E-state index in [0.717, 1.165) is 5.56 Å². The van der Waals surface area contributed by atoms with Crippen LogP contribution in [0.2, 0.25) is 10.0 Å². The Morgan fingerprint density at radius 1 is 1.08 bits per heavy atom. The molecule has 3 rings (SSSR count). The van der Waals surface area contributed by atoms with Gasteiger partial charge in [0, 0.05) is 16.9 Å². The Labute approximate surface area is 154 Å². The maximum Gasteiger partial charge on any atom is 0.276 e. The van der Waals surface area contributed by atoms with Crippen LogP contribution in [0.15, 0.2) is 60.8 Å². The molecule has 2 aromatic carbocycles. The molecule has 3 aromatic rings. The van der Waals surface area contributed by atoms with E-state index < -0.39 is 0 Å². The van der Waals surface area contributed by atoms with Crippen LogP contribution in [0.5, 0.6) is 5.75 Å². The van der Waals surface area contributed by atoms with Gasteiger partial charge in [-0.25, -0.2) is 0 Å². The molecule has 0 saturated heterocycles. The summed E-state index contributed by atoms with van der Waals surface area (Å²) in [6.07, 6.45) is 1.50. The fraction of sp³-hybridized carbons (Fsp3) is 0.0556. The zero-order valence-corrected chi connectivity index (χ0v) is 14.5. The minimum atomic E-state index is -0.362. The van der Waals surface area contributed by atoms with Crippen molar-refractivity contribution in [2.45, 2.75) is 6.61 Å². The molecule has 126 valence electrons. The number of benzene rings is 2. The van der Waals surface area contributed by atoms with Crippen molar-refractivity contribution in [1.82, 2.24) is 10.2 Å². The van der Waals surface area contributed by atoms with Crippen molar-refractivity contribution < 1.29 is 9.53 Å². The quantitative estimate of drug-likeness (QED) is 0.708. The lowest BCUT2D eigenvalue weighted by Crippen LogP contribution is -2.14. The van der Waals surface area contributed by atoms with E-state index in [9.17, 15) is 4.79 Å². The predicted octanol–water partition coefficient (Wildman–Crippen LogP) is 4.61. The van der Waals surface area contributed by atoms with Crippen LogP contribution >= 0.6 is 23.2 Å². The van der Waals surface area contributed by atoms with Crippen molar-refractivity contribution in [3.05, 3.63) is 82.1 Å². The molecule has 1 heterocycles. The van der Waals surface area contributed by atoms with Gasteiger partial charge in [0.1, 0.15) is 12.4 Å². The van der Waals surface area contributed by atoms with Gasteiger partial charge >= 0.3 is 0 Å². The fourth-order valence-corrected chi connectivity index (χ4v) is 2.42. The number of hydrogen-bond donors (Lipinski definition) is 1. The third kappa shape index (κ3) is 4.68. The zero-order chi connectivity index (χ0) is 17.6. The van der Waals surface area contributed by atoms with Crippen LogP contribution in [0.3, 0.4) is 0 Å². The summed E-state index contributed by atoms with van der Waals surface area (Å²) < 4.78 is 5.70. The van der Waals surface area contributed by atoms with Gasteiger partial charge in [-0.1, -0.05) is 35.3 Å². The number of amides is 1. The smallest absolute Gasteiger partial charge is 0.276 e. The predicted molar refractivity (Wildman–Crippen MR) is 97.2 cm³/mol. The van der Waals surface area contributed by atoms with Crippen molar-refractivity contribution >= 4 is 34.8 Å². The summed E-state index contributed by atoms with van der Waals surface area (Å²) >= 11 is 12.1. The van der Waals surface area contributed by atoms with Crippen molar-refractivity contribution in [3.63, 3.8) is 0 Å². The van der Waals surface area contributed by atoms with Crippen molar-refractivity contribution in [2.24, 2.45) is 0 Å². The molecule has 25 heavy (non-hydrogen) atoms. The zero-order valence-electron chi connectivity index (χ0n) is 12.9. The van der Waals surface area contributed by atoms with Gasteiger partial charge in [-0.05, 0) is 48.0 Å². The number of anilines is 1. The number of halogens is 2. The van der Waals surface area contributed by atoms with E-state index in [-0.39, 0.29) is 11.6 Å². The third-order valence-corrected chi connectivity index (χ3v) is 3.85. The SMILES string of the molecule is O=C(Nc1ccc(OCc2ccc(Cl)cc2)c(Cl)c1)c1cccnn1. The van der Waals surface area contributed by atoms with Crippen molar-refractivity contribution in [3.8, 4) is 5.75 Å². The molecular formula is C18H13Cl2N3O2. The first-order valence-electron chi connectivity index (χ1n) is 7.37. The van der Waals surface area contributed by atoms with Crippen LogP contribution in [0.4, 0.5) is 5.69 Å². The Kier molecular flexibility index (Phi) is 5.48. The monoisotopic (exact) mass is 373 g/mol. The molecule has 1 N–H and O–H groups in total. The second kappa shape index (κ2) is 7.96. The maximum atomic E-state index is 12.0. The standard InChI is InChI=1S/C18H13Cl2N3O2/c19-13-5-3-12(4-6-13)11-25-17-8-7-14(10-15(17)20)22-18(24)16-2-1-9-21-23-16/h1-10H,11H2,(H,22,24). The second-order valence-corrected chi connectivity index (χ2v) is 5.97. The summed E-state index contributed by atoms with van der Waals surface area (Å²) in [7, 11) is 0. The van der Waals surface area contributed by atoms with Crippen LogP contribution in [-0.2, 0) is 6.61 Å². The molecule has 0 saturated carbocycles. The summed E-state index contributed by atoms with van der Waals surface area (Å²) in [4.78, 5) is 12.0. The highest BCUT2D eigenvalue weighted by atomic mass is 35.5. The minimum absolute atomic E-state index is 0.224. The number of rotatable bonds is 5. The van der Waals surface area contributed by atoms with Gasteiger partial charge in [-0.15, -0.1) is 5.10 Å². The van der Waals surface area contributed by atoms with E-state index in [1.807, 2.05) is 12.1 Å². The fourth-order valence-electron chi connectivity index (χ4n) is 2.06. The molecule has 0 unspecified atom stereocenters. The third-order valence-electron chi connectivity index (χ3n) is 3.30. The van der Waals surface area contributed by atoms with Gasteiger partial charge in [-0.2, -0.15) is 5.10 Å². The highest BCUT2D eigenvalue weighted by Crippen LogP contribution is 2.28. The highest BCUT2D eigenvalue weighted by Gasteiger charge is 2.09. The van der Waals surface area contributed by atoms with E-state index >= 15 is 0 Å². The number of carbonyl (C=O) groups excluding carboxylic acids is 1. The molecule has 5 nitrogen and oxygen atoms in total. The average molecular weight is 374 g/mol. The molecule has 0 bridgehead atoms. The summed E-state index contributed by atoms with van der Waals surface area (Å²) in [5, 5.41) is 11.2.